The molecule has 0 radical (unpaired) electrons. The zero-order chi connectivity index (χ0) is 18.1. The first-order valence-corrected chi connectivity index (χ1v) is 7.33. The van der Waals surface area contributed by atoms with Gasteiger partial charge in [0.2, 0.25) is 6.20 Å². The fourth-order valence-corrected chi connectivity index (χ4v) is 2.01. The number of aromatic nitrogens is 1. The van der Waals surface area contributed by atoms with Gasteiger partial charge >= 0.3 is 12.3 Å². The third-order valence-electron chi connectivity index (χ3n) is 3.24. The maximum absolute atomic E-state index is 12.6. The molecule has 0 aromatic carbocycles. The van der Waals surface area contributed by atoms with Crippen molar-refractivity contribution in [2.45, 2.75) is 32.5 Å². The van der Waals surface area contributed by atoms with Gasteiger partial charge in [0.15, 0.2) is 0 Å². The maximum atomic E-state index is 12.6. The van der Waals surface area contributed by atoms with Crippen LogP contribution in [0.1, 0.15) is 32.0 Å². The van der Waals surface area contributed by atoms with Crippen LogP contribution in [0, 0.1) is 17.8 Å². The Balaban J connectivity index is 1.95. The summed E-state index contributed by atoms with van der Waals surface area (Å²) in [5.74, 6) is 11.1. The van der Waals surface area contributed by atoms with Crippen molar-refractivity contribution in [2.75, 3.05) is 18.9 Å². The molecular weight excluding hydrogens is 323 g/mol. The highest BCUT2D eigenvalue weighted by molar-refractivity contribution is 5.69. The van der Waals surface area contributed by atoms with Crippen LogP contribution in [0.4, 0.5) is 18.0 Å². The number of amides is 1. The van der Waals surface area contributed by atoms with Gasteiger partial charge < -0.3 is 9.64 Å². The van der Waals surface area contributed by atoms with E-state index in [0.29, 0.717) is 13.1 Å². The van der Waals surface area contributed by atoms with Crippen LogP contribution in [0.15, 0.2) is 18.3 Å². The number of likely N-dealkylation sites (tertiary alicyclic amines) is 1. The van der Waals surface area contributed by atoms with Crippen LogP contribution in [-0.4, -0.2) is 29.7 Å². The summed E-state index contributed by atoms with van der Waals surface area (Å²) in [7, 11) is 0. The Kier molecular flexibility index (Phi) is 4.65. The summed E-state index contributed by atoms with van der Waals surface area (Å²) in [5.41, 5.74) is -1.13. The molecule has 2 N–H and O–H groups in total. The van der Waals surface area contributed by atoms with Crippen LogP contribution in [0.3, 0.4) is 0 Å². The molecule has 1 aromatic rings. The zero-order valence-electron chi connectivity index (χ0n) is 13.6. The van der Waals surface area contributed by atoms with E-state index in [1.54, 1.807) is 20.8 Å². The molecule has 2 rings (SSSR count). The molecule has 1 aliphatic heterocycles. The number of hydrogen-bond donors (Lipinski definition) is 1. The molecule has 130 valence electrons. The van der Waals surface area contributed by atoms with Crippen molar-refractivity contribution in [3.05, 3.63) is 29.6 Å². The van der Waals surface area contributed by atoms with Gasteiger partial charge in [-0.3, -0.25) is 0 Å². The molecule has 1 fully saturated rings. The van der Waals surface area contributed by atoms with Gasteiger partial charge in [0.25, 0.3) is 5.69 Å². The van der Waals surface area contributed by atoms with E-state index >= 15 is 0 Å². The van der Waals surface area contributed by atoms with Gasteiger partial charge in [0.05, 0.1) is 5.92 Å². The Morgan fingerprint density at radius 2 is 1.96 bits per heavy atom. The number of rotatable bonds is 0. The van der Waals surface area contributed by atoms with E-state index in [-0.39, 0.29) is 11.6 Å². The van der Waals surface area contributed by atoms with Gasteiger partial charge in [-0.1, -0.05) is 10.6 Å². The predicted molar refractivity (Wildman–Crippen MR) is 80.0 cm³/mol. The molecule has 0 bridgehead atoms. The van der Waals surface area contributed by atoms with Gasteiger partial charge in [0.1, 0.15) is 11.2 Å². The number of alkyl halides is 3. The predicted octanol–water partition coefficient (Wildman–Crippen LogP) is 1.93. The largest absolute Gasteiger partial charge is 0.444 e. The quantitative estimate of drug-likeness (QED) is 0.445. The number of carbonyl (C=O) groups excluding carboxylic acids is 1. The number of halogens is 3. The van der Waals surface area contributed by atoms with Crippen LogP contribution < -0.4 is 10.5 Å². The van der Waals surface area contributed by atoms with Gasteiger partial charge in [-0.15, -0.1) is 0 Å². The van der Waals surface area contributed by atoms with Gasteiger partial charge in [-0.2, -0.15) is 13.2 Å². The molecule has 0 atom stereocenters. The first-order valence-electron chi connectivity index (χ1n) is 7.33. The number of nitrogens with two attached hydrogens (primary N) is 1. The minimum absolute atomic E-state index is 0.0557. The maximum Gasteiger partial charge on any atom is 0.422 e. The Morgan fingerprint density at radius 1 is 1.33 bits per heavy atom. The van der Waals surface area contributed by atoms with E-state index in [0.717, 1.165) is 16.9 Å². The topological polar surface area (TPSA) is 59.4 Å². The number of hydrogen-bond acceptors (Lipinski definition) is 3. The van der Waals surface area contributed by atoms with Crippen molar-refractivity contribution in [3.8, 4) is 11.8 Å². The Bertz CT molecular complexity index is 693. The minimum Gasteiger partial charge on any atom is -0.444 e. The SMILES string of the molecule is CC(C)(C)OC(=O)N1CC(C#Cc2ccc(C(F)(F)F)c[n+]2N)C1. The molecule has 0 spiro atoms. The lowest BCUT2D eigenvalue weighted by Gasteiger charge is -2.37. The second kappa shape index (κ2) is 6.23. The molecule has 2 heterocycles. The second-order valence-electron chi connectivity index (χ2n) is 6.56. The highest BCUT2D eigenvalue weighted by atomic mass is 19.4. The summed E-state index contributed by atoms with van der Waals surface area (Å²) in [5, 5.41) is 0. The van der Waals surface area contributed by atoms with Gasteiger partial charge in [-0.05, 0) is 26.8 Å². The van der Waals surface area contributed by atoms with E-state index in [1.807, 2.05) is 0 Å². The molecule has 0 saturated carbocycles. The van der Waals surface area contributed by atoms with Crippen molar-refractivity contribution < 1.29 is 27.4 Å². The highest BCUT2D eigenvalue weighted by Gasteiger charge is 2.34. The van der Waals surface area contributed by atoms with E-state index in [9.17, 15) is 18.0 Å². The number of nitrogens with zero attached hydrogens (tertiary/aromatic N) is 2. The lowest BCUT2D eigenvalue weighted by atomic mass is 10.0. The molecule has 1 aliphatic rings. The molecule has 0 aliphatic carbocycles. The van der Waals surface area contributed by atoms with Crippen molar-refractivity contribution in [3.63, 3.8) is 0 Å². The summed E-state index contributed by atoms with van der Waals surface area (Å²) in [4.78, 5) is 13.3. The van der Waals surface area contributed by atoms with Crippen LogP contribution in [-0.2, 0) is 10.9 Å². The first-order chi connectivity index (χ1) is 11.0. The van der Waals surface area contributed by atoms with Crippen molar-refractivity contribution in [2.24, 2.45) is 5.92 Å². The van der Waals surface area contributed by atoms with Crippen LogP contribution in [0.2, 0.25) is 0 Å². The number of ether oxygens (including phenoxy) is 1. The Morgan fingerprint density at radius 3 is 2.46 bits per heavy atom. The van der Waals surface area contributed by atoms with Crippen LogP contribution >= 0.6 is 0 Å². The van der Waals surface area contributed by atoms with Crippen LogP contribution in [0.5, 0.6) is 0 Å². The lowest BCUT2D eigenvalue weighted by Crippen LogP contribution is -2.51. The fourth-order valence-electron chi connectivity index (χ4n) is 2.01. The third-order valence-corrected chi connectivity index (χ3v) is 3.24. The third kappa shape index (κ3) is 4.54. The molecule has 8 heteroatoms. The normalized spacial score (nSPS) is 15.3. The van der Waals surface area contributed by atoms with Crippen molar-refractivity contribution in [1.29, 1.82) is 0 Å². The van der Waals surface area contributed by atoms with Crippen molar-refractivity contribution in [1.82, 2.24) is 4.90 Å². The summed E-state index contributed by atoms with van der Waals surface area (Å²) in [6.07, 6.45) is -4.06. The van der Waals surface area contributed by atoms with Gasteiger partial charge in [0, 0.05) is 25.1 Å². The molecule has 5 nitrogen and oxygen atoms in total. The van der Waals surface area contributed by atoms with E-state index < -0.39 is 23.4 Å². The molecule has 24 heavy (non-hydrogen) atoms. The van der Waals surface area contributed by atoms with E-state index in [1.165, 1.54) is 11.0 Å². The van der Waals surface area contributed by atoms with E-state index in [2.05, 4.69) is 11.8 Å². The fraction of sp³-hybridized carbons (Fsp3) is 0.500. The number of carbonyl (C=O) groups is 1. The summed E-state index contributed by atoms with van der Waals surface area (Å²) < 4.78 is 43.8. The zero-order valence-corrected chi connectivity index (χ0v) is 13.6. The summed E-state index contributed by atoms with van der Waals surface area (Å²) >= 11 is 0. The Labute approximate surface area is 138 Å². The lowest BCUT2D eigenvalue weighted by molar-refractivity contribution is -0.642. The monoisotopic (exact) mass is 342 g/mol. The second-order valence-corrected chi connectivity index (χ2v) is 6.56. The Hall–Kier alpha value is -2.43. The first kappa shape index (κ1) is 17.9. The number of nitrogen functional groups attached to an aromatic ring is 1. The number of pyridine rings is 1. The summed E-state index contributed by atoms with van der Waals surface area (Å²) in [6.45, 7) is 6.20. The van der Waals surface area contributed by atoms with Gasteiger partial charge in [-0.25, -0.2) is 10.6 Å². The average Bonchev–Trinajstić information content (AvgIpc) is 2.35. The molecule has 1 aromatic heterocycles. The van der Waals surface area contributed by atoms with Crippen molar-refractivity contribution >= 4 is 6.09 Å². The summed E-state index contributed by atoms with van der Waals surface area (Å²) in [6, 6.07) is 2.15. The molecule has 0 unspecified atom stereocenters. The average molecular weight is 342 g/mol. The minimum atomic E-state index is -4.45. The molecular formula is C16H19F3N3O2+. The molecule has 1 saturated heterocycles. The van der Waals surface area contributed by atoms with Crippen LogP contribution in [0.25, 0.3) is 0 Å². The molecule has 1 amide bonds. The highest BCUT2D eigenvalue weighted by Crippen LogP contribution is 2.27. The van der Waals surface area contributed by atoms with E-state index in [4.69, 9.17) is 10.6 Å². The standard InChI is InChI=1S/C16H19F3N3O2/c1-15(2,3)24-14(23)21-8-11(9-21)4-6-13-7-5-12(10-22(13)20)16(17,18)19/h5,7,10-11H,8-9,20H2,1-3H3/q+1. The smallest absolute Gasteiger partial charge is 0.422 e.